The molecule has 0 aromatic carbocycles. The van der Waals surface area contributed by atoms with Gasteiger partial charge in [-0.1, -0.05) is 19.8 Å². The van der Waals surface area contributed by atoms with Crippen LogP contribution in [0.5, 0.6) is 0 Å². The third-order valence-corrected chi connectivity index (χ3v) is 2.70. The minimum Gasteiger partial charge on any atom is -0.345 e. The highest BCUT2D eigenvalue weighted by atomic mass is 16.2. The van der Waals surface area contributed by atoms with E-state index in [4.69, 9.17) is 5.73 Å². The topological polar surface area (TPSA) is 85.8 Å². The zero-order valence-corrected chi connectivity index (χ0v) is 10.7. The third kappa shape index (κ3) is 3.81. The molecule has 0 aliphatic carbocycles. The Labute approximate surface area is 102 Å². The third-order valence-electron chi connectivity index (χ3n) is 2.70. The van der Waals surface area contributed by atoms with Crippen LogP contribution in [0.4, 0.5) is 0 Å². The van der Waals surface area contributed by atoms with Crippen LogP contribution in [0.25, 0.3) is 0 Å². The first-order valence-electron chi connectivity index (χ1n) is 5.96. The molecule has 0 saturated heterocycles. The Morgan fingerprint density at radius 2 is 2.35 bits per heavy atom. The average molecular weight is 239 g/mol. The molecule has 0 aliphatic heterocycles. The van der Waals surface area contributed by atoms with Gasteiger partial charge in [-0.25, -0.2) is 0 Å². The molecule has 2 unspecified atom stereocenters. The summed E-state index contributed by atoms with van der Waals surface area (Å²) in [7, 11) is 1.84. The van der Waals surface area contributed by atoms with Crippen LogP contribution >= 0.6 is 0 Å². The number of nitrogens with zero attached hydrogens (tertiary/aromatic N) is 3. The summed E-state index contributed by atoms with van der Waals surface area (Å²) in [6, 6.07) is -0.617. The second-order valence-electron chi connectivity index (χ2n) is 4.28. The van der Waals surface area contributed by atoms with Crippen molar-refractivity contribution < 1.29 is 4.79 Å². The van der Waals surface area contributed by atoms with Gasteiger partial charge < -0.3 is 15.6 Å². The molecule has 0 spiro atoms. The number of nitrogens with two attached hydrogens (primary N) is 1. The van der Waals surface area contributed by atoms with Gasteiger partial charge in [0, 0.05) is 7.05 Å². The van der Waals surface area contributed by atoms with Gasteiger partial charge in [0.2, 0.25) is 5.91 Å². The summed E-state index contributed by atoms with van der Waals surface area (Å²) in [5.74, 6) is 0.593. The van der Waals surface area contributed by atoms with Crippen molar-refractivity contribution in [3.8, 4) is 0 Å². The largest absolute Gasteiger partial charge is 0.345 e. The van der Waals surface area contributed by atoms with Gasteiger partial charge in [0.25, 0.3) is 0 Å². The van der Waals surface area contributed by atoms with Crippen LogP contribution in [0.1, 0.15) is 45.0 Å². The van der Waals surface area contributed by atoms with Crippen molar-refractivity contribution in [3.05, 3.63) is 12.2 Å². The van der Waals surface area contributed by atoms with E-state index in [1.807, 2.05) is 14.0 Å². The van der Waals surface area contributed by atoms with Crippen LogP contribution in [-0.2, 0) is 11.8 Å². The molecule has 3 N–H and O–H groups in total. The maximum Gasteiger partial charge on any atom is 0.237 e. The Morgan fingerprint density at radius 3 is 2.88 bits per heavy atom. The van der Waals surface area contributed by atoms with Gasteiger partial charge in [-0.05, 0) is 13.3 Å². The lowest BCUT2D eigenvalue weighted by molar-refractivity contribution is -0.123. The highest BCUT2D eigenvalue weighted by Gasteiger charge is 2.18. The predicted molar refractivity (Wildman–Crippen MR) is 65.1 cm³/mol. The number of hydrogen-bond acceptors (Lipinski definition) is 4. The number of carbonyl (C=O) groups excluding carboxylic acids is 1. The molecule has 6 heteroatoms. The highest BCUT2D eigenvalue weighted by Crippen LogP contribution is 2.08. The van der Waals surface area contributed by atoms with Gasteiger partial charge in [0.1, 0.15) is 6.33 Å². The van der Waals surface area contributed by atoms with E-state index in [1.54, 1.807) is 10.9 Å². The lowest BCUT2D eigenvalue weighted by Gasteiger charge is -2.16. The molecular formula is C11H21N5O. The number of aryl methyl sites for hydroxylation is 1. The second-order valence-corrected chi connectivity index (χ2v) is 4.28. The van der Waals surface area contributed by atoms with Crippen molar-refractivity contribution in [2.24, 2.45) is 12.8 Å². The molecule has 0 radical (unpaired) electrons. The molecule has 1 aromatic rings. The monoisotopic (exact) mass is 239 g/mol. The van der Waals surface area contributed by atoms with E-state index in [0.29, 0.717) is 6.42 Å². The van der Waals surface area contributed by atoms with Crippen LogP contribution in [0.2, 0.25) is 0 Å². The Hall–Kier alpha value is -1.43. The molecule has 1 amide bonds. The first-order chi connectivity index (χ1) is 8.06. The molecule has 17 heavy (non-hydrogen) atoms. The molecule has 6 nitrogen and oxygen atoms in total. The van der Waals surface area contributed by atoms with Crippen LogP contribution in [0.15, 0.2) is 6.33 Å². The van der Waals surface area contributed by atoms with E-state index in [-0.39, 0.29) is 11.9 Å². The Morgan fingerprint density at radius 1 is 1.65 bits per heavy atom. The standard InChI is InChI=1S/C11H21N5O/c1-4-5-6-9(12)11(17)14-8(2)10-15-13-7-16(10)3/h7-9H,4-6,12H2,1-3H3,(H,14,17). The molecule has 1 heterocycles. The Kier molecular flexibility index (Phi) is 5.09. The maximum atomic E-state index is 11.8. The van der Waals surface area contributed by atoms with E-state index in [0.717, 1.165) is 18.7 Å². The highest BCUT2D eigenvalue weighted by molar-refractivity contribution is 5.81. The molecule has 0 bridgehead atoms. The summed E-state index contributed by atoms with van der Waals surface area (Å²) in [6.07, 6.45) is 4.33. The van der Waals surface area contributed by atoms with Gasteiger partial charge in [-0.15, -0.1) is 10.2 Å². The first-order valence-corrected chi connectivity index (χ1v) is 5.96. The molecule has 1 aromatic heterocycles. The smallest absolute Gasteiger partial charge is 0.237 e. The molecule has 0 aliphatic rings. The molecular weight excluding hydrogens is 218 g/mol. The van der Waals surface area contributed by atoms with Crippen LogP contribution < -0.4 is 11.1 Å². The van der Waals surface area contributed by atoms with E-state index >= 15 is 0 Å². The van der Waals surface area contributed by atoms with Crippen molar-refractivity contribution in [2.45, 2.75) is 45.2 Å². The number of aromatic nitrogens is 3. The first kappa shape index (κ1) is 13.6. The Balaban J connectivity index is 2.48. The van der Waals surface area contributed by atoms with Crippen molar-refractivity contribution in [1.29, 1.82) is 0 Å². The number of hydrogen-bond donors (Lipinski definition) is 2. The maximum absolute atomic E-state index is 11.8. The fourth-order valence-corrected chi connectivity index (χ4v) is 1.62. The average Bonchev–Trinajstić information content (AvgIpc) is 2.72. The van der Waals surface area contributed by atoms with Crippen LogP contribution in [0.3, 0.4) is 0 Å². The number of rotatable bonds is 6. The number of amides is 1. The lowest BCUT2D eigenvalue weighted by atomic mass is 10.1. The van der Waals surface area contributed by atoms with E-state index in [2.05, 4.69) is 22.4 Å². The van der Waals surface area contributed by atoms with Gasteiger partial charge in [0.15, 0.2) is 5.82 Å². The SMILES string of the molecule is CCCCC(N)C(=O)NC(C)c1nncn1C. The van der Waals surface area contributed by atoms with Gasteiger partial charge >= 0.3 is 0 Å². The summed E-state index contributed by atoms with van der Waals surface area (Å²) in [6.45, 7) is 3.95. The molecule has 1 rings (SSSR count). The quantitative estimate of drug-likeness (QED) is 0.757. The van der Waals surface area contributed by atoms with Crippen molar-refractivity contribution >= 4 is 5.91 Å². The zero-order valence-electron chi connectivity index (χ0n) is 10.7. The number of unbranched alkanes of at least 4 members (excludes halogenated alkanes) is 1. The summed E-state index contributed by atoms with van der Waals surface area (Å²) in [4.78, 5) is 11.8. The lowest BCUT2D eigenvalue weighted by Crippen LogP contribution is -2.42. The van der Waals surface area contributed by atoms with Gasteiger partial charge in [-0.3, -0.25) is 4.79 Å². The van der Waals surface area contributed by atoms with Gasteiger partial charge in [0.05, 0.1) is 12.1 Å². The number of carbonyl (C=O) groups is 1. The van der Waals surface area contributed by atoms with E-state index in [9.17, 15) is 4.79 Å². The van der Waals surface area contributed by atoms with Crippen molar-refractivity contribution in [3.63, 3.8) is 0 Å². The van der Waals surface area contributed by atoms with Gasteiger partial charge in [-0.2, -0.15) is 0 Å². The second kappa shape index (κ2) is 6.34. The normalized spacial score (nSPS) is 14.4. The summed E-state index contributed by atoms with van der Waals surface area (Å²) in [5, 5.41) is 10.6. The van der Waals surface area contributed by atoms with E-state index < -0.39 is 6.04 Å². The molecule has 2 atom stereocenters. The summed E-state index contributed by atoms with van der Waals surface area (Å²) < 4.78 is 1.78. The van der Waals surface area contributed by atoms with Crippen LogP contribution in [-0.4, -0.2) is 26.7 Å². The zero-order chi connectivity index (χ0) is 12.8. The Bertz CT molecular complexity index is 362. The van der Waals surface area contributed by atoms with Crippen molar-refractivity contribution in [2.75, 3.05) is 0 Å². The summed E-state index contributed by atoms with van der Waals surface area (Å²) >= 11 is 0. The molecule has 96 valence electrons. The van der Waals surface area contributed by atoms with Crippen molar-refractivity contribution in [1.82, 2.24) is 20.1 Å². The predicted octanol–water partition coefficient (Wildman–Crippen LogP) is 0.510. The number of nitrogens with one attached hydrogen (secondary N) is 1. The fourth-order valence-electron chi connectivity index (χ4n) is 1.62. The van der Waals surface area contributed by atoms with Crippen LogP contribution in [0, 0.1) is 0 Å². The molecule has 0 saturated carbocycles. The molecule has 0 fully saturated rings. The fraction of sp³-hybridized carbons (Fsp3) is 0.727. The summed E-state index contributed by atoms with van der Waals surface area (Å²) in [5.41, 5.74) is 5.79. The minimum absolute atomic E-state index is 0.131. The van der Waals surface area contributed by atoms with E-state index in [1.165, 1.54) is 0 Å². The minimum atomic E-state index is -0.439.